The first-order chi connectivity index (χ1) is 6.76. The van der Waals surface area contributed by atoms with E-state index in [9.17, 15) is 4.79 Å². The monoisotopic (exact) mass is 192 g/mol. The average molecular weight is 192 g/mol. The third-order valence-corrected chi connectivity index (χ3v) is 1.97. The van der Waals surface area contributed by atoms with Crippen LogP contribution >= 0.6 is 0 Å². The highest BCUT2D eigenvalue weighted by Crippen LogP contribution is 2.10. The van der Waals surface area contributed by atoms with Crippen molar-refractivity contribution in [2.75, 3.05) is 6.54 Å². The topological polar surface area (TPSA) is 49.3 Å². The SMILES string of the molecule is CCN[C@H]([C]=O)Cc1ccc(O)cc1. The van der Waals surface area contributed by atoms with Crippen LogP contribution in [-0.4, -0.2) is 24.0 Å². The Kier molecular flexibility index (Phi) is 4.13. The van der Waals surface area contributed by atoms with E-state index in [1.54, 1.807) is 24.3 Å². The maximum atomic E-state index is 10.5. The zero-order valence-electron chi connectivity index (χ0n) is 8.16. The molecule has 0 aliphatic heterocycles. The van der Waals surface area contributed by atoms with Crippen molar-refractivity contribution in [3.63, 3.8) is 0 Å². The molecule has 0 spiro atoms. The number of phenolic OH excluding ortho intramolecular Hbond substituents is 1. The fourth-order valence-electron chi connectivity index (χ4n) is 1.27. The predicted molar refractivity (Wildman–Crippen MR) is 55.0 cm³/mol. The van der Waals surface area contributed by atoms with Crippen LogP contribution in [0.25, 0.3) is 0 Å². The van der Waals surface area contributed by atoms with Crippen LogP contribution in [0.15, 0.2) is 24.3 Å². The Labute approximate surface area is 83.8 Å². The molecule has 2 N–H and O–H groups in total. The molecule has 0 unspecified atom stereocenters. The van der Waals surface area contributed by atoms with E-state index in [-0.39, 0.29) is 11.8 Å². The van der Waals surface area contributed by atoms with E-state index in [2.05, 4.69) is 5.32 Å². The van der Waals surface area contributed by atoms with E-state index in [4.69, 9.17) is 5.11 Å². The van der Waals surface area contributed by atoms with Crippen molar-refractivity contribution in [3.8, 4) is 5.75 Å². The Hall–Kier alpha value is -1.35. The van der Waals surface area contributed by atoms with Crippen molar-refractivity contribution in [2.24, 2.45) is 0 Å². The van der Waals surface area contributed by atoms with Crippen molar-refractivity contribution < 1.29 is 9.90 Å². The van der Waals surface area contributed by atoms with E-state index in [1.165, 1.54) is 0 Å². The van der Waals surface area contributed by atoms with Crippen LogP contribution in [-0.2, 0) is 11.2 Å². The summed E-state index contributed by atoms with van der Waals surface area (Å²) in [4.78, 5) is 10.5. The largest absolute Gasteiger partial charge is 0.508 e. The van der Waals surface area contributed by atoms with Gasteiger partial charge < -0.3 is 10.4 Å². The molecule has 0 aromatic heterocycles. The number of hydrogen-bond donors (Lipinski definition) is 2. The van der Waals surface area contributed by atoms with Gasteiger partial charge in [0.25, 0.3) is 0 Å². The summed E-state index contributed by atoms with van der Waals surface area (Å²) in [7, 11) is 0. The van der Waals surface area contributed by atoms with Crippen molar-refractivity contribution >= 4 is 6.29 Å². The molecular formula is C11H14NO2. The Morgan fingerprint density at radius 2 is 2.07 bits per heavy atom. The highest BCUT2D eigenvalue weighted by molar-refractivity contribution is 5.59. The molecule has 1 aromatic rings. The first-order valence-electron chi connectivity index (χ1n) is 4.65. The lowest BCUT2D eigenvalue weighted by Gasteiger charge is -2.09. The Morgan fingerprint density at radius 3 is 2.57 bits per heavy atom. The van der Waals surface area contributed by atoms with Gasteiger partial charge in [-0.25, -0.2) is 0 Å². The van der Waals surface area contributed by atoms with E-state index >= 15 is 0 Å². The number of carbonyl (C=O) groups excluding carboxylic acids is 1. The minimum atomic E-state index is -0.260. The molecule has 0 aliphatic carbocycles. The van der Waals surface area contributed by atoms with Crippen LogP contribution in [0.3, 0.4) is 0 Å². The summed E-state index contributed by atoms with van der Waals surface area (Å²) >= 11 is 0. The molecule has 0 fully saturated rings. The summed E-state index contributed by atoms with van der Waals surface area (Å²) < 4.78 is 0. The van der Waals surface area contributed by atoms with Gasteiger partial charge >= 0.3 is 0 Å². The van der Waals surface area contributed by atoms with Gasteiger partial charge in [0.15, 0.2) is 0 Å². The highest BCUT2D eigenvalue weighted by Gasteiger charge is 2.07. The molecule has 0 heterocycles. The number of likely N-dealkylation sites (N-methyl/N-ethyl adjacent to an activating group) is 1. The van der Waals surface area contributed by atoms with Crippen molar-refractivity contribution in [1.82, 2.24) is 5.32 Å². The second-order valence-corrected chi connectivity index (χ2v) is 3.10. The zero-order valence-corrected chi connectivity index (χ0v) is 8.16. The third kappa shape index (κ3) is 3.18. The minimum absolute atomic E-state index is 0.240. The summed E-state index contributed by atoms with van der Waals surface area (Å²) in [6, 6.07) is 6.57. The van der Waals surface area contributed by atoms with Gasteiger partial charge in [0.1, 0.15) is 5.75 Å². The van der Waals surface area contributed by atoms with E-state index in [1.807, 2.05) is 13.2 Å². The van der Waals surface area contributed by atoms with Crippen LogP contribution in [0.5, 0.6) is 5.75 Å². The second kappa shape index (κ2) is 5.40. The molecular weight excluding hydrogens is 178 g/mol. The number of benzene rings is 1. The number of phenols is 1. The van der Waals surface area contributed by atoms with Gasteiger partial charge in [0.05, 0.1) is 6.04 Å². The molecule has 0 saturated heterocycles. The number of nitrogens with one attached hydrogen (secondary N) is 1. The highest BCUT2D eigenvalue weighted by atomic mass is 16.3. The number of aromatic hydroxyl groups is 1. The summed E-state index contributed by atoms with van der Waals surface area (Å²) in [6.07, 6.45) is 2.55. The lowest BCUT2D eigenvalue weighted by Crippen LogP contribution is -2.32. The summed E-state index contributed by atoms with van der Waals surface area (Å²) in [5, 5.41) is 12.1. The van der Waals surface area contributed by atoms with Gasteiger partial charge in [-0.05, 0) is 30.7 Å². The zero-order chi connectivity index (χ0) is 10.4. The van der Waals surface area contributed by atoms with E-state index in [0.29, 0.717) is 6.42 Å². The first-order valence-corrected chi connectivity index (χ1v) is 4.65. The average Bonchev–Trinajstić information content (AvgIpc) is 2.20. The fourth-order valence-corrected chi connectivity index (χ4v) is 1.27. The molecule has 0 saturated carbocycles. The molecule has 75 valence electrons. The molecule has 0 amide bonds. The quantitative estimate of drug-likeness (QED) is 0.732. The molecule has 1 rings (SSSR count). The van der Waals surface area contributed by atoms with Gasteiger partial charge in [-0.2, -0.15) is 0 Å². The molecule has 1 atom stereocenters. The Morgan fingerprint density at radius 1 is 1.43 bits per heavy atom. The molecule has 14 heavy (non-hydrogen) atoms. The van der Waals surface area contributed by atoms with Crippen LogP contribution in [0.4, 0.5) is 0 Å². The van der Waals surface area contributed by atoms with Crippen molar-refractivity contribution in [3.05, 3.63) is 29.8 Å². The van der Waals surface area contributed by atoms with E-state index in [0.717, 1.165) is 12.1 Å². The molecule has 0 bridgehead atoms. The second-order valence-electron chi connectivity index (χ2n) is 3.10. The standard InChI is InChI=1S/C11H14NO2/c1-2-12-10(8-13)7-9-3-5-11(14)6-4-9/h3-6,10,12,14H,2,7H2,1H3/t10-/m0/s1. The number of rotatable bonds is 5. The summed E-state index contributed by atoms with van der Waals surface area (Å²) in [5.74, 6) is 0.240. The Bertz CT molecular complexity index is 282. The van der Waals surface area contributed by atoms with Crippen LogP contribution in [0, 0.1) is 0 Å². The van der Waals surface area contributed by atoms with Crippen LogP contribution in [0.1, 0.15) is 12.5 Å². The van der Waals surface area contributed by atoms with Gasteiger partial charge in [0, 0.05) is 0 Å². The maximum Gasteiger partial charge on any atom is 0.217 e. The normalized spacial score (nSPS) is 12.4. The molecule has 3 nitrogen and oxygen atoms in total. The number of hydrogen-bond acceptors (Lipinski definition) is 3. The fraction of sp³-hybridized carbons (Fsp3) is 0.364. The van der Waals surface area contributed by atoms with Crippen LogP contribution < -0.4 is 5.32 Å². The van der Waals surface area contributed by atoms with Gasteiger partial charge in [0.2, 0.25) is 6.29 Å². The van der Waals surface area contributed by atoms with Gasteiger partial charge in [-0.3, -0.25) is 4.79 Å². The van der Waals surface area contributed by atoms with Gasteiger partial charge in [-0.1, -0.05) is 19.1 Å². The summed E-state index contributed by atoms with van der Waals surface area (Å²) in [6.45, 7) is 2.69. The molecule has 1 radical (unpaired) electrons. The van der Waals surface area contributed by atoms with E-state index < -0.39 is 0 Å². The molecule has 3 heteroatoms. The first kappa shape index (κ1) is 10.7. The maximum absolute atomic E-state index is 10.5. The smallest absolute Gasteiger partial charge is 0.217 e. The third-order valence-electron chi connectivity index (χ3n) is 1.97. The van der Waals surface area contributed by atoms with Gasteiger partial charge in [-0.15, -0.1) is 0 Å². The minimum Gasteiger partial charge on any atom is -0.508 e. The molecule has 0 aliphatic rings. The van der Waals surface area contributed by atoms with Crippen molar-refractivity contribution in [2.45, 2.75) is 19.4 Å². The lowest BCUT2D eigenvalue weighted by atomic mass is 10.1. The van der Waals surface area contributed by atoms with Crippen molar-refractivity contribution in [1.29, 1.82) is 0 Å². The molecule has 1 aromatic carbocycles. The Balaban J connectivity index is 2.57. The lowest BCUT2D eigenvalue weighted by molar-refractivity contribution is 0.475. The van der Waals surface area contributed by atoms with Crippen LogP contribution in [0.2, 0.25) is 0 Å². The summed E-state index contributed by atoms with van der Waals surface area (Å²) in [5.41, 5.74) is 1.01. The predicted octanol–water partition coefficient (Wildman–Crippen LogP) is 1.02.